The number of nitrogens with one attached hydrogen (secondary N) is 3. The molecule has 154 valence electrons. The van der Waals surface area contributed by atoms with Gasteiger partial charge in [-0.2, -0.15) is 0 Å². The van der Waals surface area contributed by atoms with Crippen molar-refractivity contribution < 1.29 is 14.3 Å². The van der Waals surface area contributed by atoms with Crippen molar-refractivity contribution in [2.75, 3.05) is 27.2 Å². The van der Waals surface area contributed by atoms with Crippen LogP contribution >= 0.6 is 0 Å². The number of benzene rings is 1. The molecule has 0 aliphatic heterocycles. The topological polar surface area (TPSA) is 91.8 Å². The van der Waals surface area contributed by atoms with Gasteiger partial charge in [-0.3, -0.25) is 14.6 Å². The van der Waals surface area contributed by atoms with Crippen molar-refractivity contribution in [1.29, 1.82) is 0 Å². The number of carbonyl (C=O) groups is 2. The average molecular weight is 389 g/mol. The molecular weight excluding hydrogens is 356 g/mol. The van der Waals surface area contributed by atoms with Gasteiger partial charge in [0.05, 0.1) is 12.5 Å². The van der Waals surface area contributed by atoms with Crippen molar-refractivity contribution in [3.63, 3.8) is 0 Å². The lowest BCUT2D eigenvalue weighted by Crippen LogP contribution is -2.45. The van der Waals surface area contributed by atoms with Crippen LogP contribution < -0.4 is 16.0 Å². The maximum atomic E-state index is 11.8. The Labute approximate surface area is 167 Å². The molecule has 1 amide bonds. The summed E-state index contributed by atoms with van der Waals surface area (Å²) in [4.78, 5) is 27.9. The summed E-state index contributed by atoms with van der Waals surface area (Å²) in [5.41, 5.74) is 1.76. The summed E-state index contributed by atoms with van der Waals surface area (Å²) < 4.78 is 5.12. The summed E-state index contributed by atoms with van der Waals surface area (Å²) in [5.74, 6) is 0.649. The first kappa shape index (κ1) is 21.7. The summed E-state index contributed by atoms with van der Waals surface area (Å²) in [5, 5.41) is 9.42. The molecule has 3 N–H and O–H groups in total. The summed E-state index contributed by atoms with van der Waals surface area (Å²) in [6, 6.07) is 7.94. The molecule has 1 fully saturated rings. The van der Waals surface area contributed by atoms with Crippen LogP contribution in [-0.2, 0) is 16.0 Å². The van der Waals surface area contributed by atoms with Crippen molar-refractivity contribution in [2.45, 2.75) is 45.1 Å². The second-order valence-corrected chi connectivity index (χ2v) is 6.97. The third-order valence-corrected chi connectivity index (χ3v) is 5.03. The second-order valence-electron chi connectivity index (χ2n) is 6.97. The largest absolute Gasteiger partial charge is 0.466 e. The van der Waals surface area contributed by atoms with E-state index in [2.05, 4.69) is 20.9 Å². The molecule has 1 aromatic rings. The van der Waals surface area contributed by atoms with Crippen LogP contribution in [0.15, 0.2) is 29.3 Å². The number of hydrogen-bond acceptors (Lipinski definition) is 4. The van der Waals surface area contributed by atoms with Crippen molar-refractivity contribution in [3.05, 3.63) is 35.4 Å². The number of carbonyl (C=O) groups excluding carboxylic acids is 2. The Bertz CT molecular complexity index is 682. The van der Waals surface area contributed by atoms with Crippen molar-refractivity contribution >= 4 is 17.8 Å². The zero-order valence-corrected chi connectivity index (χ0v) is 17.1. The number of amides is 1. The molecule has 1 saturated carbocycles. The van der Waals surface area contributed by atoms with Gasteiger partial charge in [0.2, 0.25) is 0 Å². The van der Waals surface area contributed by atoms with Crippen LogP contribution in [0.25, 0.3) is 0 Å². The van der Waals surface area contributed by atoms with Gasteiger partial charge >= 0.3 is 5.97 Å². The maximum absolute atomic E-state index is 11.8. The molecule has 0 bridgehead atoms. The summed E-state index contributed by atoms with van der Waals surface area (Å²) >= 11 is 0. The zero-order chi connectivity index (χ0) is 20.4. The molecule has 0 atom stereocenters. The fourth-order valence-corrected chi connectivity index (χ4v) is 3.46. The molecule has 0 spiro atoms. The van der Waals surface area contributed by atoms with Crippen LogP contribution in [0.3, 0.4) is 0 Å². The third-order valence-electron chi connectivity index (χ3n) is 5.03. The van der Waals surface area contributed by atoms with Gasteiger partial charge in [0.25, 0.3) is 5.91 Å². The van der Waals surface area contributed by atoms with E-state index < -0.39 is 0 Å². The van der Waals surface area contributed by atoms with Crippen molar-refractivity contribution in [1.82, 2.24) is 16.0 Å². The summed E-state index contributed by atoms with van der Waals surface area (Å²) in [6.07, 6.45) is 4.34. The molecule has 0 aromatic heterocycles. The van der Waals surface area contributed by atoms with E-state index >= 15 is 0 Å². The Morgan fingerprint density at radius 3 is 2.61 bits per heavy atom. The van der Waals surface area contributed by atoms with Crippen molar-refractivity contribution in [2.24, 2.45) is 10.9 Å². The number of guanidine groups is 1. The smallest absolute Gasteiger partial charge is 0.308 e. The quantitative estimate of drug-likeness (QED) is 0.377. The van der Waals surface area contributed by atoms with E-state index in [9.17, 15) is 9.59 Å². The summed E-state index contributed by atoms with van der Waals surface area (Å²) in [7, 11) is 3.39. The lowest BCUT2D eigenvalue weighted by molar-refractivity contribution is -0.149. The fourth-order valence-electron chi connectivity index (χ4n) is 3.46. The Balaban J connectivity index is 1.75. The first-order valence-corrected chi connectivity index (χ1v) is 10.0. The Morgan fingerprint density at radius 1 is 1.21 bits per heavy atom. The number of hydrogen-bond donors (Lipinski definition) is 3. The monoisotopic (exact) mass is 388 g/mol. The van der Waals surface area contributed by atoms with Gasteiger partial charge in [0.15, 0.2) is 5.96 Å². The molecular formula is C21H32N4O3. The average Bonchev–Trinajstić information content (AvgIpc) is 2.73. The molecule has 2 rings (SSSR count). The highest BCUT2D eigenvalue weighted by molar-refractivity contribution is 5.94. The van der Waals surface area contributed by atoms with Gasteiger partial charge in [0.1, 0.15) is 0 Å². The Hall–Kier alpha value is -2.57. The normalized spacial score (nSPS) is 19.6. The first-order valence-electron chi connectivity index (χ1n) is 10.0. The molecule has 1 aliphatic rings. The molecule has 1 aromatic carbocycles. The third kappa shape index (κ3) is 6.55. The van der Waals surface area contributed by atoms with Gasteiger partial charge in [-0.25, -0.2) is 0 Å². The van der Waals surface area contributed by atoms with E-state index in [-0.39, 0.29) is 17.8 Å². The number of nitrogens with zero attached hydrogens (tertiary/aromatic N) is 1. The highest BCUT2D eigenvalue weighted by Gasteiger charge is 2.27. The number of rotatable bonds is 7. The zero-order valence-electron chi connectivity index (χ0n) is 17.1. The molecule has 1 aliphatic carbocycles. The highest BCUT2D eigenvalue weighted by atomic mass is 16.5. The molecule has 0 saturated heterocycles. The fraction of sp³-hybridized carbons (Fsp3) is 0.571. The highest BCUT2D eigenvalue weighted by Crippen LogP contribution is 2.25. The predicted octanol–water partition coefficient (Wildman–Crippen LogP) is 1.88. The SMILES string of the molecule is CCOC(=O)C1CCC(NC(=NC)NCCc2cccc(C(=O)NC)c2)CC1. The number of ether oxygens (including phenoxy) is 1. The van der Waals surface area contributed by atoms with E-state index in [0.29, 0.717) is 18.2 Å². The van der Waals surface area contributed by atoms with Crippen molar-refractivity contribution in [3.8, 4) is 0 Å². The molecule has 28 heavy (non-hydrogen) atoms. The standard InChI is InChI=1S/C21H32N4O3/c1-4-28-20(27)16-8-10-18(11-9-16)25-21(23-3)24-13-12-15-6-5-7-17(14-15)19(26)22-2/h5-7,14,16,18H,4,8-13H2,1-3H3,(H,22,26)(H2,23,24,25). The van der Waals surface area contributed by atoms with Crippen LogP contribution in [0.4, 0.5) is 0 Å². The lowest BCUT2D eigenvalue weighted by Gasteiger charge is -2.29. The van der Waals surface area contributed by atoms with Gasteiger partial charge in [-0.05, 0) is 56.7 Å². The van der Waals surface area contributed by atoms with E-state index in [0.717, 1.165) is 50.2 Å². The van der Waals surface area contributed by atoms with Crippen LogP contribution in [0.1, 0.15) is 48.5 Å². The van der Waals surface area contributed by atoms with Gasteiger partial charge < -0.3 is 20.7 Å². The van der Waals surface area contributed by atoms with E-state index in [1.54, 1.807) is 14.1 Å². The van der Waals surface area contributed by atoms with Crippen LogP contribution in [0.2, 0.25) is 0 Å². The Kier molecular flexibility index (Phi) is 8.78. The maximum Gasteiger partial charge on any atom is 0.308 e. The van der Waals surface area contributed by atoms with E-state index in [1.807, 2.05) is 31.2 Å². The molecule has 0 heterocycles. The van der Waals surface area contributed by atoms with Crippen LogP contribution in [0, 0.1) is 5.92 Å². The molecule has 7 nitrogen and oxygen atoms in total. The van der Waals surface area contributed by atoms with E-state index in [1.165, 1.54) is 0 Å². The minimum Gasteiger partial charge on any atom is -0.466 e. The lowest BCUT2D eigenvalue weighted by atomic mass is 9.86. The van der Waals surface area contributed by atoms with Crippen LogP contribution in [-0.4, -0.2) is 51.1 Å². The molecule has 0 radical (unpaired) electrons. The first-order chi connectivity index (χ1) is 13.6. The number of aliphatic imine (C=N–C) groups is 1. The second kappa shape index (κ2) is 11.3. The molecule has 0 unspecified atom stereocenters. The van der Waals surface area contributed by atoms with Gasteiger partial charge in [-0.1, -0.05) is 12.1 Å². The van der Waals surface area contributed by atoms with E-state index in [4.69, 9.17) is 4.74 Å². The van der Waals surface area contributed by atoms with Gasteiger partial charge in [-0.15, -0.1) is 0 Å². The Morgan fingerprint density at radius 2 is 1.96 bits per heavy atom. The number of esters is 1. The molecule has 7 heteroatoms. The minimum absolute atomic E-state index is 0.0283. The minimum atomic E-state index is -0.0780. The van der Waals surface area contributed by atoms with Gasteiger partial charge in [0, 0.05) is 32.2 Å². The van der Waals surface area contributed by atoms with Crippen LogP contribution in [0.5, 0.6) is 0 Å². The summed E-state index contributed by atoms with van der Waals surface area (Å²) in [6.45, 7) is 3.00. The predicted molar refractivity (Wildman–Crippen MR) is 110 cm³/mol.